The SMILES string of the molecule is COc1cc(-c2cc(NC=O)c(Cl)nn2)cc(F)c1S(C)(=O)=O. The second kappa shape index (κ2) is 6.47. The van der Waals surface area contributed by atoms with Crippen molar-refractivity contribution in [2.24, 2.45) is 0 Å². The van der Waals surface area contributed by atoms with Crippen LogP contribution in [-0.2, 0) is 14.6 Å². The van der Waals surface area contributed by atoms with E-state index >= 15 is 0 Å². The van der Waals surface area contributed by atoms with Gasteiger partial charge in [-0.25, -0.2) is 12.8 Å². The molecule has 0 fully saturated rings. The average molecular weight is 360 g/mol. The zero-order valence-electron chi connectivity index (χ0n) is 12.0. The van der Waals surface area contributed by atoms with Crippen molar-refractivity contribution in [1.29, 1.82) is 0 Å². The normalized spacial score (nSPS) is 11.1. The van der Waals surface area contributed by atoms with E-state index in [-0.39, 0.29) is 27.8 Å². The fourth-order valence-corrected chi connectivity index (χ4v) is 2.98. The Labute approximate surface area is 136 Å². The third kappa shape index (κ3) is 3.57. The number of amides is 1. The van der Waals surface area contributed by atoms with Gasteiger partial charge in [0, 0.05) is 11.8 Å². The van der Waals surface area contributed by atoms with Gasteiger partial charge in [0.1, 0.15) is 16.5 Å². The lowest BCUT2D eigenvalue weighted by Crippen LogP contribution is -2.05. The summed E-state index contributed by atoms with van der Waals surface area (Å²) >= 11 is 5.76. The third-order valence-corrected chi connectivity index (χ3v) is 4.28. The van der Waals surface area contributed by atoms with Gasteiger partial charge in [0.15, 0.2) is 15.0 Å². The van der Waals surface area contributed by atoms with Gasteiger partial charge in [-0.3, -0.25) is 4.79 Å². The van der Waals surface area contributed by atoms with Gasteiger partial charge >= 0.3 is 0 Å². The predicted octanol–water partition coefficient (Wildman–Crippen LogP) is 1.92. The van der Waals surface area contributed by atoms with Gasteiger partial charge in [-0.05, 0) is 18.2 Å². The number of halogens is 2. The lowest BCUT2D eigenvalue weighted by molar-refractivity contribution is -0.105. The van der Waals surface area contributed by atoms with Crippen LogP contribution >= 0.6 is 11.6 Å². The maximum Gasteiger partial charge on any atom is 0.211 e. The molecule has 2 aromatic rings. The van der Waals surface area contributed by atoms with Crippen LogP contribution in [0, 0.1) is 5.82 Å². The summed E-state index contributed by atoms with van der Waals surface area (Å²) in [6, 6.07) is 3.67. The van der Waals surface area contributed by atoms with E-state index in [2.05, 4.69) is 15.5 Å². The standard InChI is InChI=1S/C13H11ClFN3O4S/c1-22-11-4-7(3-8(15)12(11)23(2,20)21)9-5-10(16-6-19)13(14)18-17-9/h3-6H,1-2H3,(H,16,17,19). The van der Waals surface area contributed by atoms with Crippen molar-refractivity contribution in [3.8, 4) is 17.0 Å². The number of methoxy groups -OCH3 is 1. The van der Waals surface area contributed by atoms with E-state index in [9.17, 15) is 17.6 Å². The second-order valence-electron chi connectivity index (χ2n) is 4.46. The Kier molecular flexibility index (Phi) is 4.81. The highest BCUT2D eigenvalue weighted by Gasteiger charge is 2.22. The molecule has 0 saturated heterocycles. The number of hydrogen-bond acceptors (Lipinski definition) is 6. The van der Waals surface area contributed by atoms with Gasteiger partial charge < -0.3 is 10.1 Å². The lowest BCUT2D eigenvalue weighted by atomic mass is 10.1. The zero-order chi connectivity index (χ0) is 17.2. The number of benzene rings is 1. The smallest absolute Gasteiger partial charge is 0.211 e. The Morgan fingerprint density at radius 3 is 2.57 bits per heavy atom. The fourth-order valence-electron chi connectivity index (χ4n) is 1.91. The molecule has 122 valence electrons. The number of carbonyl (C=O) groups is 1. The van der Waals surface area contributed by atoms with Crippen molar-refractivity contribution in [2.75, 3.05) is 18.7 Å². The van der Waals surface area contributed by atoms with E-state index in [1.165, 1.54) is 19.2 Å². The van der Waals surface area contributed by atoms with Crippen LogP contribution in [0.5, 0.6) is 5.75 Å². The number of nitrogens with one attached hydrogen (secondary N) is 1. The van der Waals surface area contributed by atoms with Crippen molar-refractivity contribution >= 4 is 33.5 Å². The summed E-state index contributed by atoms with van der Waals surface area (Å²) in [5.74, 6) is -1.15. The number of hydrogen-bond donors (Lipinski definition) is 1. The largest absolute Gasteiger partial charge is 0.495 e. The first kappa shape index (κ1) is 17.1. The molecule has 2 rings (SSSR count). The van der Waals surface area contributed by atoms with Crippen molar-refractivity contribution < 1.29 is 22.3 Å². The van der Waals surface area contributed by atoms with Crippen LogP contribution in [0.1, 0.15) is 0 Å². The summed E-state index contributed by atoms with van der Waals surface area (Å²) in [5, 5.41) is 9.72. The first-order chi connectivity index (χ1) is 10.8. The quantitative estimate of drug-likeness (QED) is 0.819. The first-order valence-electron chi connectivity index (χ1n) is 6.09. The molecule has 7 nitrogen and oxygen atoms in total. The summed E-state index contributed by atoms with van der Waals surface area (Å²) in [5.41, 5.74) is 0.569. The van der Waals surface area contributed by atoms with E-state index in [0.29, 0.717) is 6.41 Å². The second-order valence-corrected chi connectivity index (χ2v) is 6.77. The molecule has 0 atom stereocenters. The van der Waals surface area contributed by atoms with Crippen LogP contribution in [0.25, 0.3) is 11.3 Å². The highest BCUT2D eigenvalue weighted by atomic mass is 35.5. The van der Waals surface area contributed by atoms with Gasteiger partial charge in [0.05, 0.1) is 18.5 Å². The minimum absolute atomic E-state index is 0.0407. The Morgan fingerprint density at radius 2 is 2.00 bits per heavy atom. The number of aromatic nitrogens is 2. The predicted molar refractivity (Wildman–Crippen MR) is 81.8 cm³/mol. The van der Waals surface area contributed by atoms with Crippen LogP contribution in [0.2, 0.25) is 5.15 Å². The molecule has 0 aliphatic rings. The molecule has 1 heterocycles. The molecule has 23 heavy (non-hydrogen) atoms. The van der Waals surface area contributed by atoms with Gasteiger partial charge in [0.25, 0.3) is 0 Å². The summed E-state index contributed by atoms with van der Waals surface area (Å²) in [7, 11) is -2.59. The van der Waals surface area contributed by atoms with Gasteiger partial charge in [-0.1, -0.05) is 11.6 Å². The molecule has 0 aliphatic carbocycles. The van der Waals surface area contributed by atoms with Crippen LogP contribution < -0.4 is 10.1 Å². The first-order valence-corrected chi connectivity index (χ1v) is 8.36. The molecule has 1 amide bonds. The molecular weight excluding hydrogens is 349 g/mol. The number of anilines is 1. The number of sulfone groups is 1. The maximum atomic E-state index is 14.2. The highest BCUT2D eigenvalue weighted by Crippen LogP contribution is 2.33. The summed E-state index contributed by atoms with van der Waals surface area (Å²) in [6.07, 6.45) is 1.28. The number of ether oxygens (including phenoxy) is 1. The van der Waals surface area contributed by atoms with E-state index in [0.717, 1.165) is 12.3 Å². The Balaban J connectivity index is 2.64. The Morgan fingerprint density at radius 1 is 1.30 bits per heavy atom. The van der Waals surface area contributed by atoms with Crippen LogP contribution in [0.4, 0.5) is 10.1 Å². The van der Waals surface area contributed by atoms with Crippen LogP contribution in [0.3, 0.4) is 0 Å². The van der Waals surface area contributed by atoms with E-state index < -0.39 is 20.5 Å². The van der Waals surface area contributed by atoms with Gasteiger partial charge in [-0.15, -0.1) is 10.2 Å². The molecule has 1 aromatic carbocycles. The summed E-state index contributed by atoms with van der Waals surface area (Å²) in [6.45, 7) is 0. The molecule has 0 unspecified atom stereocenters. The molecule has 10 heteroatoms. The Hall–Kier alpha value is -2.26. The Bertz CT molecular complexity index is 874. The minimum atomic E-state index is -3.81. The molecule has 1 aromatic heterocycles. The monoisotopic (exact) mass is 359 g/mol. The molecule has 0 aliphatic heterocycles. The van der Waals surface area contributed by atoms with Crippen molar-refractivity contribution in [3.63, 3.8) is 0 Å². The van der Waals surface area contributed by atoms with Gasteiger partial charge in [0.2, 0.25) is 6.41 Å². The van der Waals surface area contributed by atoms with Crippen molar-refractivity contribution in [3.05, 3.63) is 29.2 Å². The topological polar surface area (TPSA) is 98.2 Å². The fraction of sp³-hybridized carbons (Fsp3) is 0.154. The zero-order valence-corrected chi connectivity index (χ0v) is 13.6. The summed E-state index contributed by atoms with van der Waals surface area (Å²) < 4.78 is 42.5. The number of carbonyl (C=O) groups excluding carboxylic acids is 1. The molecule has 1 N–H and O–H groups in total. The van der Waals surface area contributed by atoms with Crippen LogP contribution in [0.15, 0.2) is 23.1 Å². The van der Waals surface area contributed by atoms with E-state index in [4.69, 9.17) is 16.3 Å². The maximum absolute atomic E-state index is 14.2. The van der Waals surface area contributed by atoms with Gasteiger partial charge in [-0.2, -0.15) is 0 Å². The van der Waals surface area contributed by atoms with Crippen LogP contribution in [-0.4, -0.2) is 38.4 Å². The van der Waals surface area contributed by atoms with E-state index in [1.54, 1.807) is 0 Å². The third-order valence-electron chi connectivity index (χ3n) is 2.86. The molecular formula is C13H11ClFN3O4S. The molecule has 0 spiro atoms. The van der Waals surface area contributed by atoms with Crippen molar-refractivity contribution in [1.82, 2.24) is 10.2 Å². The molecule has 0 bridgehead atoms. The lowest BCUT2D eigenvalue weighted by Gasteiger charge is -2.11. The number of nitrogens with zero attached hydrogens (tertiary/aromatic N) is 2. The van der Waals surface area contributed by atoms with Crippen molar-refractivity contribution in [2.45, 2.75) is 4.90 Å². The molecule has 0 saturated carbocycles. The minimum Gasteiger partial charge on any atom is -0.495 e. The molecule has 0 radical (unpaired) electrons. The highest BCUT2D eigenvalue weighted by molar-refractivity contribution is 7.90. The van der Waals surface area contributed by atoms with E-state index in [1.807, 2.05) is 0 Å². The summed E-state index contributed by atoms with van der Waals surface area (Å²) in [4.78, 5) is 9.97. The number of rotatable bonds is 5. The average Bonchev–Trinajstić information content (AvgIpc) is 2.47.